The van der Waals surface area contributed by atoms with Crippen LogP contribution in [0.15, 0.2) is 114 Å². The van der Waals surface area contributed by atoms with Crippen LogP contribution in [0.1, 0.15) is 43.7 Å². The Hall–Kier alpha value is -4.34. The zero-order chi connectivity index (χ0) is 33.2. The summed E-state index contributed by atoms with van der Waals surface area (Å²) in [5, 5.41) is 3.58. The number of anilines is 1. The second-order valence-electron chi connectivity index (χ2n) is 11.6. The molecule has 1 aliphatic rings. The first-order valence-electron chi connectivity index (χ1n) is 15.9. The highest BCUT2D eigenvalue weighted by Crippen LogP contribution is 2.28. The van der Waals surface area contributed by atoms with Crippen LogP contribution >= 0.6 is 11.6 Å². The smallest absolute Gasteiger partial charge is 0.264 e. The van der Waals surface area contributed by atoms with E-state index in [1.165, 1.54) is 29.2 Å². The molecule has 4 aromatic rings. The second-order valence-corrected chi connectivity index (χ2v) is 13.9. The molecule has 4 aromatic carbocycles. The van der Waals surface area contributed by atoms with Gasteiger partial charge in [0, 0.05) is 24.0 Å². The van der Waals surface area contributed by atoms with E-state index in [0.717, 1.165) is 41.1 Å². The van der Waals surface area contributed by atoms with Crippen LogP contribution in [-0.4, -0.2) is 50.4 Å². The molecule has 47 heavy (non-hydrogen) atoms. The molecule has 1 aliphatic carbocycles. The third kappa shape index (κ3) is 8.93. The van der Waals surface area contributed by atoms with Crippen molar-refractivity contribution in [2.75, 3.05) is 17.5 Å². The van der Waals surface area contributed by atoms with Crippen LogP contribution in [0.2, 0.25) is 5.02 Å². The Labute approximate surface area is 282 Å². The number of nitrogens with one attached hydrogen (secondary N) is 1. The van der Waals surface area contributed by atoms with Crippen molar-refractivity contribution in [1.82, 2.24) is 10.2 Å². The molecule has 10 heteroatoms. The maximum atomic E-state index is 14.6. The lowest BCUT2D eigenvalue weighted by Crippen LogP contribution is -2.54. The van der Waals surface area contributed by atoms with Gasteiger partial charge in [-0.05, 0) is 79.4 Å². The first-order valence-corrected chi connectivity index (χ1v) is 17.7. The number of hydrogen-bond acceptors (Lipinski definition) is 5. The molecule has 0 aromatic heterocycles. The highest BCUT2D eigenvalue weighted by Gasteiger charge is 2.35. The Kier molecular flexibility index (Phi) is 11.6. The molecule has 0 aliphatic heterocycles. The molecule has 0 spiro atoms. The number of ether oxygens (including phenoxy) is 1. The van der Waals surface area contributed by atoms with E-state index >= 15 is 0 Å². The van der Waals surface area contributed by atoms with Gasteiger partial charge in [-0.2, -0.15) is 0 Å². The zero-order valence-electron chi connectivity index (χ0n) is 26.4. The molecule has 0 saturated heterocycles. The highest BCUT2D eigenvalue weighted by atomic mass is 35.5. The number of nitrogens with zero attached hydrogens (tertiary/aromatic N) is 2. The van der Waals surface area contributed by atoms with Crippen LogP contribution in [0, 0.1) is 0 Å². The van der Waals surface area contributed by atoms with Crippen molar-refractivity contribution in [2.45, 2.75) is 62.6 Å². The summed E-state index contributed by atoms with van der Waals surface area (Å²) in [6.45, 7) is 1.89. The fourth-order valence-corrected chi connectivity index (χ4v) is 7.38. The van der Waals surface area contributed by atoms with E-state index in [1.807, 2.05) is 67.6 Å². The summed E-state index contributed by atoms with van der Waals surface area (Å²) in [5.74, 6) is -0.190. The van der Waals surface area contributed by atoms with Gasteiger partial charge in [-0.15, -0.1) is 0 Å². The summed E-state index contributed by atoms with van der Waals surface area (Å²) in [6, 6.07) is 30.5. The summed E-state index contributed by atoms with van der Waals surface area (Å²) in [4.78, 5) is 30.2. The van der Waals surface area contributed by atoms with Gasteiger partial charge in [0.1, 0.15) is 18.3 Å². The average Bonchev–Trinajstić information content (AvgIpc) is 3.60. The Morgan fingerprint density at radius 1 is 0.851 bits per heavy atom. The van der Waals surface area contributed by atoms with Crippen LogP contribution in [0.25, 0.3) is 0 Å². The standard InChI is InChI=1S/C37H40ClN3O5S/c1-2-46-33-21-19-32(20-22-33)41(47(44,45)34-23-17-30(38)18-24-34)27-36(42)40(26-29-13-7-4-8-14-29)35(25-28-11-5-3-6-12-28)37(43)39-31-15-9-10-16-31/h3-8,11-14,17-24,31,35H,2,9-10,15-16,25-27H2,1H3,(H,39,43)/t35-/m1/s1. The normalized spacial score (nSPS) is 13.9. The Morgan fingerprint density at radius 2 is 1.45 bits per heavy atom. The summed E-state index contributed by atoms with van der Waals surface area (Å²) >= 11 is 6.08. The molecule has 2 amide bonds. The molecule has 246 valence electrons. The van der Waals surface area contributed by atoms with Crippen LogP contribution < -0.4 is 14.4 Å². The Morgan fingerprint density at radius 3 is 2.04 bits per heavy atom. The van der Waals surface area contributed by atoms with Gasteiger partial charge in [-0.3, -0.25) is 13.9 Å². The predicted octanol–water partition coefficient (Wildman–Crippen LogP) is 6.63. The van der Waals surface area contributed by atoms with Gasteiger partial charge in [0.05, 0.1) is 17.2 Å². The maximum Gasteiger partial charge on any atom is 0.264 e. The Balaban J connectivity index is 1.55. The predicted molar refractivity (Wildman–Crippen MR) is 185 cm³/mol. The van der Waals surface area contributed by atoms with Gasteiger partial charge >= 0.3 is 0 Å². The van der Waals surface area contributed by atoms with E-state index < -0.39 is 28.5 Å². The van der Waals surface area contributed by atoms with Crippen LogP contribution in [0.3, 0.4) is 0 Å². The maximum absolute atomic E-state index is 14.6. The number of halogens is 1. The molecule has 5 rings (SSSR count). The minimum absolute atomic E-state index is 0.0157. The molecule has 1 saturated carbocycles. The average molecular weight is 674 g/mol. The number of carbonyl (C=O) groups excluding carboxylic acids is 2. The quantitative estimate of drug-likeness (QED) is 0.162. The van der Waals surface area contributed by atoms with Crippen molar-refractivity contribution in [3.8, 4) is 5.75 Å². The highest BCUT2D eigenvalue weighted by molar-refractivity contribution is 7.92. The molecule has 0 heterocycles. The summed E-state index contributed by atoms with van der Waals surface area (Å²) in [6.07, 6.45) is 4.13. The summed E-state index contributed by atoms with van der Waals surface area (Å²) < 4.78 is 35.1. The van der Waals surface area contributed by atoms with E-state index in [4.69, 9.17) is 16.3 Å². The van der Waals surface area contributed by atoms with Crippen molar-refractivity contribution in [3.05, 3.63) is 125 Å². The third-order valence-electron chi connectivity index (χ3n) is 8.28. The molecular formula is C37H40ClN3O5S. The van der Waals surface area contributed by atoms with Crippen LogP contribution in [0.4, 0.5) is 5.69 Å². The lowest BCUT2D eigenvalue weighted by Gasteiger charge is -2.34. The lowest BCUT2D eigenvalue weighted by atomic mass is 10.0. The zero-order valence-corrected chi connectivity index (χ0v) is 28.0. The topological polar surface area (TPSA) is 96.0 Å². The number of benzene rings is 4. The van der Waals surface area contributed by atoms with Gasteiger partial charge < -0.3 is 15.0 Å². The van der Waals surface area contributed by atoms with Gasteiger partial charge in [0.15, 0.2) is 0 Å². The molecule has 8 nitrogen and oxygen atoms in total. The summed E-state index contributed by atoms with van der Waals surface area (Å²) in [7, 11) is -4.24. The molecule has 0 radical (unpaired) electrons. The number of amides is 2. The first kappa shape index (κ1) is 34.0. The SMILES string of the molecule is CCOc1ccc(N(CC(=O)N(Cc2ccccc2)[C@H](Cc2ccccc2)C(=O)NC2CCCC2)S(=O)(=O)c2ccc(Cl)cc2)cc1. The number of carbonyl (C=O) groups is 2. The second kappa shape index (κ2) is 16.0. The van der Waals surface area contributed by atoms with Crippen LogP contribution in [0.5, 0.6) is 5.75 Å². The van der Waals surface area contributed by atoms with Gasteiger partial charge in [0.25, 0.3) is 10.0 Å². The van der Waals surface area contributed by atoms with Gasteiger partial charge in [-0.1, -0.05) is 85.1 Å². The molecule has 1 N–H and O–H groups in total. The number of hydrogen-bond donors (Lipinski definition) is 1. The summed E-state index contributed by atoms with van der Waals surface area (Å²) in [5.41, 5.74) is 1.99. The molecule has 1 atom stereocenters. The van der Waals surface area contributed by atoms with Crippen molar-refractivity contribution in [3.63, 3.8) is 0 Å². The van der Waals surface area contributed by atoms with E-state index in [1.54, 1.807) is 24.3 Å². The van der Waals surface area contributed by atoms with E-state index in [2.05, 4.69) is 5.32 Å². The van der Waals surface area contributed by atoms with Crippen molar-refractivity contribution >= 4 is 39.1 Å². The van der Waals surface area contributed by atoms with Crippen molar-refractivity contribution in [2.24, 2.45) is 0 Å². The van der Waals surface area contributed by atoms with E-state index in [9.17, 15) is 18.0 Å². The number of rotatable bonds is 14. The minimum Gasteiger partial charge on any atom is -0.494 e. The fraction of sp³-hybridized carbons (Fsp3) is 0.297. The van der Waals surface area contributed by atoms with Gasteiger partial charge in [-0.25, -0.2) is 8.42 Å². The molecule has 0 bridgehead atoms. The lowest BCUT2D eigenvalue weighted by molar-refractivity contribution is -0.140. The van der Waals surface area contributed by atoms with E-state index in [0.29, 0.717) is 17.4 Å². The van der Waals surface area contributed by atoms with E-state index in [-0.39, 0.29) is 35.5 Å². The largest absolute Gasteiger partial charge is 0.494 e. The van der Waals surface area contributed by atoms with Gasteiger partial charge in [0.2, 0.25) is 11.8 Å². The first-order chi connectivity index (χ1) is 22.7. The van der Waals surface area contributed by atoms with Crippen molar-refractivity contribution < 1.29 is 22.7 Å². The monoisotopic (exact) mass is 673 g/mol. The Bertz CT molecular complexity index is 1710. The van der Waals surface area contributed by atoms with Crippen LogP contribution in [-0.2, 0) is 32.6 Å². The molecule has 1 fully saturated rings. The molecular weight excluding hydrogens is 634 g/mol. The third-order valence-corrected chi connectivity index (χ3v) is 10.3. The van der Waals surface area contributed by atoms with Crippen molar-refractivity contribution in [1.29, 1.82) is 0 Å². The number of sulfonamides is 1. The molecule has 0 unspecified atom stereocenters. The minimum atomic E-state index is -4.24. The fourth-order valence-electron chi connectivity index (χ4n) is 5.84.